The van der Waals surface area contributed by atoms with Crippen LogP contribution in [0.1, 0.15) is 52.2 Å². The Balaban J connectivity index is 1.41. The standard InChI is InChI=1S/C29H23Cl2N3O5S/c1-16(2)11-20-7-3-18(14-32)27(33-20)40-25-13-26(36)34(28(25)37)21-8-4-17(5-9-21)29(38)39-15-24(35)22-10-6-19(30)12-23(22)31/h3-10,12,16,25H,11,13,15H2,1-2H3. The third-order valence-electron chi connectivity index (χ3n) is 5.94. The first-order valence-corrected chi connectivity index (χ1v) is 13.9. The first-order valence-electron chi connectivity index (χ1n) is 12.3. The van der Waals surface area contributed by atoms with Crippen LogP contribution in [0.4, 0.5) is 5.69 Å². The van der Waals surface area contributed by atoms with E-state index < -0.39 is 35.4 Å². The van der Waals surface area contributed by atoms with Crippen molar-refractivity contribution in [3.8, 4) is 6.07 Å². The Bertz CT molecular complexity index is 1540. The molecule has 0 N–H and O–H groups in total. The highest BCUT2D eigenvalue weighted by atomic mass is 35.5. The minimum atomic E-state index is -0.756. The summed E-state index contributed by atoms with van der Waals surface area (Å²) in [6, 6.07) is 15.7. The summed E-state index contributed by atoms with van der Waals surface area (Å²) >= 11 is 13.0. The Kier molecular flexibility index (Phi) is 9.25. The second-order valence-electron chi connectivity index (χ2n) is 9.41. The number of aromatic nitrogens is 1. The number of benzene rings is 2. The van der Waals surface area contributed by atoms with E-state index in [4.69, 9.17) is 27.9 Å². The molecule has 4 rings (SSSR count). The Labute approximate surface area is 245 Å². The number of Topliss-reactive ketones (excluding diaryl/α,β-unsaturated/α-hetero) is 1. The van der Waals surface area contributed by atoms with Gasteiger partial charge in [-0.15, -0.1) is 0 Å². The summed E-state index contributed by atoms with van der Waals surface area (Å²) in [6.45, 7) is 3.60. The number of halogens is 2. The zero-order chi connectivity index (χ0) is 29.0. The Morgan fingerprint density at radius 2 is 1.85 bits per heavy atom. The molecule has 3 aromatic rings. The fourth-order valence-corrected chi connectivity index (χ4v) is 5.67. The van der Waals surface area contributed by atoms with E-state index in [0.29, 0.717) is 27.2 Å². The number of nitrogens with zero attached hydrogens (tertiary/aromatic N) is 3. The van der Waals surface area contributed by atoms with Gasteiger partial charge in [0.05, 0.1) is 27.1 Å². The Hall–Kier alpha value is -3.71. The Morgan fingerprint density at radius 1 is 1.12 bits per heavy atom. The third kappa shape index (κ3) is 6.70. The molecule has 11 heteroatoms. The number of pyridine rings is 1. The zero-order valence-corrected chi connectivity index (χ0v) is 23.8. The first kappa shape index (κ1) is 29.3. The number of hydrogen-bond acceptors (Lipinski definition) is 8. The molecule has 1 saturated heterocycles. The number of amides is 2. The Morgan fingerprint density at radius 3 is 2.50 bits per heavy atom. The van der Waals surface area contributed by atoms with Crippen molar-refractivity contribution in [1.29, 1.82) is 5.26 Å². The molecule has 40 heavy (non-hydrogen) atoms. The van der Waals surface area contributed by atoms with Gasteiger partial charge in [-0.25, -0.2) is 14.7 Å². The van der Waals surface area contributed by atoms with Gasteiger partial charge < -0.3 is 4.74 Å². The minimum Gasteiger partial charge on any atom is -0.454 e. The van der Waals surface area contributed by atoms with Crippen LogP contribution in [0.15, 0.2) is 59.6 Å². The monoisotopic (exact) mass is 595 g/mol. The molecule has 1 unspecified atom stereocenters. The second-order valence-corrected chi connectivity index (χ2v) is 11.4. The molecule has 2 amide bonds. The van der Waals surface area contributed by atoms with Crippen LogP contribution in [0, 0.1) is 17.2 Å². The van der Waals surface area contributed by atoms with E-state index in [1.54, 1.807) is 12.1 Å². The lowest BCUT2D eigenvalue weighted by Gasteiger charge is -2.15. The van der Waals surface area contributed by atoms with E-state index in [0.717, 1.165) is 28.8 Å². The van der Waals surface area contributed by atoms with Crippen LogP contribution in [-0.4, -0.2) is 40.4 Å². The van der Waals surface area contributed by atoms with Crippen LogP contribution in [0.25, 0.3) is 0 Å². The van der Waals surface area contributed by atoms with Crippen molar-refractivity contribution in [3.05, 3.63) is 87.0 Å². The number of carbonyl (C=O) groups excluding carboxylic acids is 4. The number of anilines is 1. The molecule has 0 aliphatic carbocycles. The number of carbonyl (C=O) groups is 4. The van der Waals surface area contributed by atoms with Gasteiger partial charge in [-0.05, 0) is 66.9 Å². The SMILES string of the molecule is CC(C)Cc1ccc(C#N)c(SC2CC(=O)N(c3ccc(C(=O)OCC(=O)c4ccc(Cl)cc4Cl)cc3)C2=O)n1. The van der Waals surface area contributed by atoms with Gasteiger partial charge in [0.1, 0.15) is 11.1 Å². The second kappa shape index (κ2) is 12.6. The first-order chi connectivity index (χ1) is 19.1. The van der Waals surface area contributed by atoms with E-state index in [1.165, 1.54) is 42.5 Å². The topological polar surface area (TPSA) is 117 Å². The number of thioether (sulfide) groups is 1. The van der Waals surface area contributed by atoms with Crippen LogP contribution in [-0.2, 0) is 20.7 Å². The molecule has 1 atom stereocenters. The zero-order valence-electron chi connectivity index (χ0n) is 21.5. The number of rotatable bonds is 9. The smallest absolute Gasteiger partial charge is 0.338 e. The lowest BCUT2D eigenvalue weighted by Crippen LogP contribution is -2.31. The molecule has 1 fully saturated rings. The van der Waals surface area contributed by atoms with Gasteiger partial charge in [0.2, 0.25) is 17.6 Å². The third-order valence-corrected chi connectivity index (χ3v) is 7.68. The summed E-state index contributed by atoms with van der Waals surface area (Å²) in [7, 11) is 0. The fourth-order valence-electron chi connectivity index (χ4n) is 4.04. The number of ketones is 1. The summed E-state index contributed by atoms with van der Waals surface area (Å²) in [6.07, 6.45) is 0.671. The summed E-state index contributed by atoms with van der Waals surface area (Å²) < 4.78 is 5.11. The maximum atomic E-state index is 13.2. The number of ether oxygens (including phenoxy) is 1. The van der Waals surface area contributed by atoms with Gasteiger partial charge in [-0.3, -0.25) is 14.4 Å². The van der Waals surface area contributed by atoms with Crippen LogP contribution in [0.3, 0.4) is 0 Å². The molecule has 0 spiro atoms. The predicted octanol–water partition coefficient (Wildman–Crippen LogP) is 5.92. The van der Waals surface area contributed by atoms with Gasteiger partial charge in [-0.1, -0.05) is 48.8 Å². The van der Waals surface area contributed by atoms with Crippen LogP contribution >= 0.6 is 35.0 Å². The quantitative estimate of drug-likeness (QED) is 0.170. The number of nitriles is 1. The highest BCUT2D eigenvalue weighted by Crippen LogP contribution is 2.35. The van der Waals surface area contributed by atoms with Gasteiger partial charge in [0.15, 0.2) is 6.61 Å². The van der Waals surface area contributed by atoms with Crippen LogP contribution in [0.5, 0.6) is 0 Å². The molecule has 0 radical (unpaired) electrons. The summed E-state index contributed by atoms with van der Waals surface area (Å²) in [5.74, 6) is -1.72. The molecular weight excluding hydrogens is 573 g/mol. The minimum absolute atomic E-state index is 0.0520. The lowest BCUT2D eigenvalue weighted by molar-refractivity contribution is -0.121. The van der Waals surface area contributed by atoms with Crippen molar-refractivity contribution in [1.82, 2.24) is 4.98 Å². The summed E-state index contributed by atoms with van der Waals surface area (Å²) in [4.78, 5) is 56.4. The average molecular weight is 596 g/mol. The molecule has 8 nitrogen and oxygen atoms in total. The van der Waals surface area contributed by atoms with Crippen molar-refractivity contribution in [3.63, 3.8) is 0 Å². The number of imide groups is 1. The number of esters is 1. The molecule has 0 bridgehead atoms. The molecule has 2 heterocycles. The van der Waals surface area contributed by atoms with Gasteiger partial charge in [-0.2, -0.15) is 5.26 Å². The lowest BCUT2D eigenvalue weighted by atomic mass is 10.1. The van der Waals surface area contributed by atoms with Crippen molar-refractivity contribution >= 4 is 64.2 Å². The summed E-state index contributed by atoms with van der Waals surface area (Å²) in [5, 5.41) is 9.70. The van der Waals surface area contributed by atoms with Crippen molar-refractivity contribution < 1.29 is 23.9 Å². The molecule has 1 aromatic heterocycles. The predicted molar refractivity (Wildman–Crippen MR) is 152 cm³/mol. The molecule has 2 aromatic carbocycles. The van der Waals surface area contributed by atoms with Crippen molar-refractivity contribution in [2.24, 2.45) is 5.92 Å². The molecule has 1 aliphatic rings. The van der Waals surface area contributed by atoms with E-state index in [2.05, 4.69) is 24.9 Å². The molecule has 1 aliphatic heterocycles. The van der Waals surface area contributed by atoms with Crippen molar-refractivity contribution in [2.75, 3.05) is 11.5 Å². The van der Waals surface area contributed by atoms with Crippen LogP contribution < -0.4 is 4.90 Å². The highest BCUT2D eigenvalue weighted by Gasteiger charge is 2.40. The van der Waals surface area contributed by atoms with Gasteiger partial charge in [0, 0.05) is 22.7 Å². The number of hydrogen-bond donors (Lipinski definition) is 0. The summed E-state index contributed by atoms with van der Waals surface area (Å²) in [5.41, 5.74) is 1.76. The largest absolute Gasteiger partial charge is 0.454 e. The van der Waals surface area contributed by atoms with Crippen LogP contribution in [0.2, 0.25) is 10.0 Å². The van der Waals surface area contributed by atoms with E-state index in [-0.39, 0.29) is 22.6 Å². The fraction of sp³-hybridized carbons (Fsp3) is 0.241. The van der Waals surface area contributed by atoms with Gasteiger partial charge >= 0.3 is 5.97 Å². The maximum absolute atomic E-state index is 13.2. The van der Waals surface area contributed by atoms with Crippen molar-refractivity contribution in [2.45, 2.75) is 37.0 Å². The normalized spacial score (nSPS) is 14.9. The molecular formula is C29H23Cl2N3O5S. The molecule has 204 valence electrons. The van der Waals surface area contributed by atoms with E-state index in [9.17, 15) is 24.4 Å². The molecule has 0 saturated carbocycles. The average Bonchev–Trinajstić information content (AvgIpc) is 3.19. The maximum Gasteiger partial charge on any atom is 0.338 e. The van der Waals surface area contributed by atoms with E-state index in [1.807, 2.05) is 0 Å². The van der Waals surface area contributed by atoms with E-state index >= 15 is 0 Å². The highest BCUT2D eigenvalue weighted by molar-refractivity contribution is 8.00. The van der Waals surface area contributed by atoms with Gasteiger partial charge in [0.25, 0.3) is 0 Å².